The lowest BCUT2D eigenvalue weighted by Crippen LogP contribution is -2.46. The Kier molecular flexibility index (Phi) is 3.53. The minimum Gasteiger partial charge on any atom is -0.467 e. The molecule has 1 amide bonds. The van der Waals surface area contributed by atoms with Gasteiger partial charge in [-0.15, -0.1) is 0 Å². The highest BCUT2D eigenvalue weighted by Crippen LogP contribution is 1.94. The zero-order chi connectivity index (χ0) is 9.02. The van der Waals surface area contributed by atoms with Crippen LogP contribution in [-0.2, 0) is 14.3 Å². The van der Waals surface area contributed by atoms with Crippen molar-refractivity contribution in [3.8, 4) is 0 Å². The number of likely N-dealkylation sites (N-methyl/N-ethyl adjacent to an activating group) is 1. The molecule has 0 heterocycles. The van der Waals surface area contributed by atoms with Crippen molar-refractivity contribution in [1.82, 2.24) is 4.90 Å². The van der Waals surface area contributed by atoms with Crippen molar-refractivity contribution in [2.75, 3.05) is 21.2 Å². The third kappa shape index (κ3) is 2.55. The lowest BCUT2D eigenvalue weighted by molar-refractivity contribution is -0.149. The second kappa shape index (κ2) is 3.92. The Morgan fingerprint density at radius 2 is 1.91 bits per heavy atom. The summed E-state index contributed by atoms with van der Waals surface area (Å²) < 4.78 is 4.35. The molecule has 64 valence electrons. The molecule has 0 aliphatic heterocycles. The minimum absolute atomic E-state index is 0.637. The van der Waals surface area contributed by atoms with Crippen molar-refractivity contribution in [1.29, 1.82) is 0 Å². The normalized spacial score (nSPS) is 12.7. The number of primary amides is 1. The third-order valence-electron chi connectivity index (χ3n) is 1.21. The van der Waals surface area contributed by atoms with E-state index in [-0.39, 0.29) is 0 Å². The third-order valence-corrected chi connectivity index (χ3v) is 1.21. The van der Waals surface area contributed by atoms with Crippen LogP contribution in [0.1, 0.15) is 0 Å². The predicted octanol–water partition coefficient (Wildman–Crippen LogP) is -1.43. The van der Waals surface area contributed by atoms with E-state index in [1.165, 1.54) is 12.0 Å². The first-order valence-electron chi connectivity index (χ1n) is 3.04. The maximum atomic E-state index is 10.8. The summed E-state index contributed by atoms with van der Waals surface area (Å²) in [5.41, 5.74) is 4.93. The molecule has 5 heteroatoms. The quantitative estimate of drug-likeness (QED) is 0.406. The molecule has 0 fully saturated rings. The molecule has 0 aliphatic carbocycles. The summed E-state index contributed by atoms with van der Waals surface area (Å²) in [5, 5.41) is 0. The standard InChI is InChI=1S/C6H12N2O3/c1-8(2)4(5(7)9)6(10)11-3/h4H,1-3H3,(H2,7,9)/t4-/m1/s1. The lowest BCUT2D eigenvalue weighted by Gasteiger charge is -2.17. The number of hydrogen-bond donors (Lipinski definition) is 1. The number of hydrogen-bond acceptors (Lipinski definition) is 4. The fourth-order valence-corrected chi connectivity index (χ4v) is 0.693. The summed E-state index contributed by atoms with van der Waals surface area (Å²) in [6.07, 6.45) is 0. The van der Waals surface area contributed by atoms with E-state index in [2.05, 4.69) is 4.74 Å². The summed E-state index contributed by atoms with van der Waals surface area (Å²) in [4.78, 5) is 22.8. The first kappa shape index (κ1) is 9.90. The number of nitrogens with two attached hydrogens (primary N) is 1. The smallest absolute Gasteiger partial charge is 0.332 e. The van der Waals surface area contributed by atoms with E-state index in [1.54, 1.807) is 14.1 Å². The van der Waals surface area contributed by atoms with Crippen LogP contribution in [0.4, 0.5) is 0 Å². The number of nitrogens with zero attached hydrogens (tertiary/aromatic N) is 1. The van der Waals surface area contributed by atoms with E-state index >= 15 is 0 Å². The monoisotopic (exact) mass is 160 g/mol. The highest BCUT2D eigenvalue weighted by Gasteiger charge is 2.26. The number of carbonyl (C=O) groups excluding carboxylic acids is 2. The highest BCUT2D eigenvalue weighted by atomic mass is 16.5. The van der Waals surface area contributed by atoms with Crippen LogP contribution in [0, 0.1) is 0 Å². The summed E-state index contributed by atoms with van der Waals surface area (Å²) in [6.45, 7) is 0. The highest BCUT2D eigenvalue weighted by molar-refractivity contribution is 6.01. The maximum absolute atomic E-state index is 10.8. The van der Waals surface area contributed by atoms with Gasteiger partial charge in [-0.2, -0.15) is 0 Å². The summed E-state index contributed by atoms with van der Waals surface area (Å²) in [5.74, 6) is -1.34. The lowest BCUT2D eigenvalue weighted by atomic mass is 10.2. The largest absolute Gasteiger partial charge is 0.467 e. The van der Waals surface area contributed by atoms with Crippen molar-refractivity contribution in [2.45, 2.75) is 6.04 Å². The number of amides is 1. The molecule has 0 aliphatic rings. The van der Waals surface area contributed by atoms with Crippen LogP contribution in [0.5, 0.6) is 0 Å². The summed E-state index contributed by atoms with van der Waals surface area (Å²) in [7, 11) is 4.36. The Morgan fingerprint density at radius 1 is 1.45 bits per heavy atom. The Morgan fingerprint density at radius 3 is 2.00 bits per heavy atom. The Bertz CT molecular complexity index is 167. The average molecular weight is 160 g/mol. The molecule has 0 aromatic heterocycles. The van der Waals surface area contributed by atoms with E-state index < -0.39 is 17.9 Å². The van der Waals surface area contributed by atoms with Crippen LogP contribution >= 0.6 is 0 Å². The van der Waals surface area contributed by atoms with Crippen LogP contribution in [0.15, 0.2) is 0 Å². The molecule has 5 nitrogen and oxygen atoms in total. The van der Waals surface area contributed by atoms with E-state index in [0.29, 0.717) is 0 Å². The molecule has 0 spiro atoms. The number of rotatable bonds is 3. The van der Waals surface area contributed by atoms with Gasteiger partial charge in [0.2, 0.25) is 5.91 Å². The Balaban J connectivity index is 4.34. The molecular formula is C6H12N2O3. The topological polar surface area (TPSA) is 72.6 Å². The predicted molar refractivity (Wildman–Crippen MR) is 38.7 cm³/mol. The second-order valence-corrected chi connectivity index (χ2v) is 2.29. The molecule has 0 aromatic rings. The van der Waals surface area contributed by atoms with Gasteiger partial charge in [-0.25, -0.2) is 4.79 Å². The van der Waals surface area contributed by atoms with Crippen LogP contribution in [0.3, 0.4) is 0 Å². The van der Waals surface area contributed by atoms with E-state index in [9.17, 15) is 9.59 Å². The number of esters is 1. The van der Waals surface area contributed by atoms with Gasteiger partial charge in [0.1, 0.15) is 0 Å². The number of ether oxygens (including phenoxy) is 1. The fraction of sp³-hybridized carbons (Fsp3) is 0.667. The van der Waals surface area contributed by atoms with E-state index in [0.717, 1.165) is 0 Å². The van der Waals surface area contributed by atoms with Crippen molar-refractivity contribution in [3.05, 3.63) is 0 Å². The van der Waals surface area contributed by atoms with E-state index in [4.69, 9.17) is 5.73 Å². The van der Waals surface area contributed by atoms with Crippen molar-refractivity contribution in [3.63, 3.8) is 0 Å². The molecule has 2 N–H and O–H groups in total. The van der Waals surface area contributed by atoms with Gasteiger partial charge in [0.05, 0.1) is 7.11 Å². The Labute approximate surface area is 65.1 Å². The van der Waals surface area contributed by atoms with Gasteiger partial charge in [-0.1, -0.05) is 0 Å². The van der Waals surface area contributed by atoms with Gasteiger partial charge >= 0.3 is 5.97 Å². The first-order valence-corrected chi connectivity index (χ1v) is 3.04. The van der Waals surface area contributed by atoms with Crippen molar-refractivity contribution >= 4 is 11.9 Å². The van der Waals surface area contributed by atoms with Crippen LogP contribution in [-0.4, -0.2) is 44.0 Å². The van der Waals surface area contributed by atoms with Gasteiger partial charge < -0.3 is 10.5 Å². The van der Waals surface area contributed by atoms with Gasteiger partial charge in [-0.05, 0) is 14.1 Å². The van der Waals surface area contributed by atoms with E-state index in [1.807, 2.05) is 0 Å². The van der Waals surface area contributed by atoms with Crippen molar-refractivity contribution < 1.29 is 14.3 Å². The molecule has 0 radical (unpaired) electrons. The second-order valence-electron chi connectivity index (χ2n) is 2.29. The molecule has 1 atom stereocenters. The SMILES string of the molecule is COC(=O)[C@@H](C(N)=O)N(C)C. The maximum Gasteiger partial charge on any atom is 0.332 e. The molecular weight excluding hydrogens is 148 g/mol. The van der Waals surface area contributed by atoms with Gasteiger partial charge in [0.25, 0.3) is 0 Å². The Hall–Kier alpha value is -1.10. The number of methoxy groups -OCH3 is 1. The van der Waals surface area contributed by atoms with Gasteiger partial charge in [0.15, 0.2) is 6.04 Å². The summed E-state index contributed by atoms with van der Waals surface area (Å²) >= 11 is 0. The molecule has 0 aromatic carbocycles. The molecule has 0 saturated carbocycles. The van der Waals surface area contributed by atoms with Crippen molar-refractivity contribution in [2.24, 2.45) is 5.73 Å². The zero-order valence-electron chi connectivity index (χ0n) is 6.83. The average Bonchev–Trinajstić information content (AvgIpc) is 1.85. The van der Waals surface area contributed by atoms with Crippen LogP contribution < -0.4 is 5.73 Å². The molecule has 0 bridgehead atoms. The molecule has 0 rings (SSSR count). The molecule has 0 unspecified atom stereocenters. The number of carbonyl (C=O) groups is 2. The minimum atomic E-state index is -0.986. The molecule has 0 saturated heterocycles. The van der Waals surface area contributed by atoms with Gasteiger partial charge in [0, 0.05) is 0 Å². The molecule has 11 heavy (non-hydrogen) atoms. The van der Waals surface area contributed by atoms with Gasteiger partial charge in [-0.3, -0.25) is 9.69 Å². The first-order chi connectivity index (χ1) is 5.00. The zero-order valence-corrected chi connectivity index (χ0v) is 6.83. The fourth-order valence-electron chi connectivity index (χ4n) is 0.693. The van der Waals surface area contributed by atoms with Crippen LogP contribution in [0.2, 0.25) is 0 Å². The van der Waals surface area contributed by atoms with Crippen LogP contribution in [0.25, 0.3) is 0 Å². The summed E-state index contributed by atoms with van der Waals surface area (Å²) in [6, 6.07) is -0.986.